The zero-order chi connectivity index (χ0) is 20.8. The molecular formula is C23H22N4O2. The first kappa shape index (κ1) is 19.9. The predicted octanol–water partition coefficient (Wildman–Crippen LogP) is 4.43. The van der Waals surface area contributed by atoms with Crippen LogP contribution in [-0.2, 0) is 4.79 Å². The van der Waals surface area contributed by atoms with Gasteiger partial charge >= 0.3 is 0 Å². The summed E-state index contributed by atoms with van der Waals surface area (Å²) in [4.78, 5) is 16.7. The Kier molecular flexibility index (Phi) is 6.10. The second kappa shape index (κ2) is 8.89. The van der Waals surface area contributed by atoms with E-state index < -0.39 is 5.91 Å². The molecule has 0 spiro atoms. The maximum absolute atomic E-state index is 12.6. The number of ether oxygens (including phenoxy) is 1. The standard InChI is InChI=1S/C23H22N4O2/c1-4-29-22-9-7-20(8-10-22)26-23(28)19(14-24)13-18-12-16(2)27(17(18)3)21-6-5-11-25-15-21/h5-13,15H,4H2,1-3H3,(H,26,28)/b19-13+. The van der Waals surface area contributed by atoms with Crippen LogP contribution in [0.1, 0.15) is 23.9 Å². The maximum Gasteiger partial charge on any atom is 0.266 e. The minimum Gasteiger partial charge on any atom is -0.494 e. The first-order valence-electron chi connectivity index (χ1n) is 9.28. The molecule has 6 nitrogen and oxygen atoms in total. The molecule has 3 aromatic rings. The van der Waals surface area contributed by atoms with Gasteiger partial charge in [-0.25, -0.2) is 0 Å². The number of nitrogens with one attached hydrogen (secondary N) is 1. The fraction of sp³-hybridized carbons (Fsp3) is 0.174. The number of carbonyl (C=O) groups is 1. The molecule has 1 N–H and O–H groups in total. The van der Waals surface area contributed by atoms with Gasteiger partial charge in [0.05, 0.1) is 18.5 Å². The van der Waals surface area contributed by atoms with Crippen molar-refractivity contribution in [2.24, 2.45) is 0 Å². The van der Waals surface area contributed by atoms with E-state index in [1.54, 1.807) is 42.7 Å². The Morgan fingerprint density at radius 2 is 2.03 bits per heavy atom. The van der Waals surface area contributed by atoms with Crippen molar-refractivity contribution in [2.75, 3.05) is 11.9 Å². The normalized spacial score (nSPS) is 11.0. The summed E-state index contributed by atoms with van der Waals surface area (Å²) in [5.74, 6) is 0.271. The summed E-state index contributed by atoms with van der Waals surface area (Å²) in [5.41, 5.74) is 4.29. The molecule has 29 heavy (non-hydrogen) atoms. The number of aryl methyl sites for hydroxylation is 1. The van der Waals surface area contributed by atoms with Crippen LogP contribution in [0, 0.1) is 25.2 Å². The summed E-state index contributed by atoms with van der Waals surface area (Å²) in [6.07, 6.45) is 5.11. The summed E-state index contributed by atoms with van der Waals surface area (Å²) in [7, 11) is 0. The molecule has 2 aromatic heterocycles. The first-order valence-corrected chi connectivity index (χ1v) is 9.28. The molecule has 0 radical (unpaired) electrons. The average molecular weight is 386 g/mol. The van der Waals surface area contributed by atoms with Gasteiger partial charge in [-0.1, -0.05) is 0 Å². The highest BCUT2D eigenvalue weighted by Crippen LogP contribution is 2.23. The molecule has 0 atom stereocenters. The Hall–Kier alpha value is -3.85. The lowest BCUT2D eigenvalue weighted by molar-refractivity contribution is -0.112. The van der Waals surface area contributed by atoms with Gasteiger partial charge in [0.25, 0.3) is 5.91 Å². The molecular weight excluding hydrogens is 364 g/mol. The van der Waals surface area contributed by atoms with Crippen molar-refractivity contribution in [1.29, 1.82) is 5.26 Å². The van der Waals surface area contributed by atoms with E-state index in [4.69, 9.17) is 4.74 Å². The number of amides is 1. The molecule has 6 heteroatoms. The lowest BCUT2D eigenvalue weighted by Gasteiger charge is -2.09. The van der Waals surface area contributed by atoms with Gasteiger partial charge in [-0.3, -0.25) is 9.78 Å². The molecule has 0 aliphatic heterocycles. The second-order valence-electron chi connectivity index (χ2n) is 6.45. The van der Waals surface area contributed by atoms with Crippen LogP contribution < -0.4 is 10.1 Å². The van der Waals surface area contributed by atoms with E-state index >= 15 is 0 Å². The van der Waals surface area contributed by atoms with Crippen molar-refractivity contribution in [3.8, 4) is 17.5 Å². The number of nitriles is 1. The number of pyridine rings is 1. The maximum atomic E-state index is 12.6. The Balaban J connectivity index is 1.84. The number of aromatic nitrogens is 2. The van der Waals surface area contributed by atoms with Gasteiger partial charge in [0, 0.05) is 23.3 Å². The van der Waals surface area contributed by atoms with Gasteiger partial charge < -0.3 is 14.6 Å². The Labute approximate surface area is 170 Å². The highest BCUT2D eigenvalue weighted by atomic mass is 16.5. The van der Waals surface area contributed by atoms with E-state index in [0.717, 1.165) is 28.4 Å². The van der Waals surface area contributed by atoms with E-state index in [-0.39, 0.29) is 5.57 Å². The van der Waals surface area contributed by atoms with Crippen molar-refractivity contribution < 1.29 is 9.53 Å². The number of benzene rings is 1. The second-order valence-corrected chi connectivity index (χ2v) is 6.45. The van der Waals surface area contributed by atoms with Crippen molar-refractivity contribution in [3.05, 3.63) is 77.4 Å². The number of hydrogen-bond acceptors (Lipinski definition) is 4. The van der Waals surface area contributed by atoms with Crippen molar-refractivity contribution in [1.82, 2.24) is 9.55 Å². The predicted molar refractivity (Wildman–Crippen MR) is 113 cm³/mol. The van der Waals surface area contributed by atoms with E-state index in [1.165, 1.54) is 0 Å². The third-order valence-corrected chi connectivity index (χ3v) is 4.46. The zero-order valence-corrected chi connectivity index (χ0v) is 16.6. The molecule has 3 rings (SSSR count). The summed E-state index contributed by atoms with van der Waals surface area (Å²) in [6, 6.07) is 14.8. The van der Waals surface area contributed by atoms with Crippen LogP contribution in [0.4, 0.5) is 5.69 Å². The molecule has 0 saturated heterocycles. The number of carbonyl (C=O) groups excluding carboxylic acids is 1. The minimum absolute atomic E-state index is 0.0327. The minimum atomic E-state index is -0.456. The lowest BCUT2D eigenvalue weighted by Crippen LogP contribution is -2.13. The summed E-state index contributed by atoms with van der Waals surface area (Å²) < 4.78 is 7.43. The van der Waals surface area contributed by atoms with Crippen molar-refractivity contribution in [2.45, 2.75) is 20.8 Å². The molecule has 0 fully saturated rings. The number of rotatable bonds is 6. The monoisotopic (exact) mass is 386 g/mol. The molecule has 1 aromatic carbocycles. The third kappa shape index (κ3) is 4.53. The van der Waals surface area contributed by atoms with Crippen LogP contribution in [0.15, 0.2) is 60.4 Å². The van der Waals surface area contributed by atoms with Crippen LogP contribution >= 0.6 is 0 Å². The Bertz CT molecular complexity index is 1070. The van der Waals surface area contributed by atoms with Gasteiger partial charge in [0.1, 0.15) is 17.4 Å². The molecule has 0 aliphatic carbocycles. The van der Waals surface area contributed by atoms with Crippen LogP contribution in [0.2, 0.25) is 0 Å². The third-order valence-electron chi connectivity index (χ3n) is 4.46. The molecule has 1 amide bonds. The van der Waals surface area contributed by atoms with Crippen molar-refractivity contribution in [3.63, 3.8) is 0 Å². The van der Waals surface area contributed by atoms with Crippen LogP contribution in [0.3, 0.4) is 0 Å². The first-order chi connectivity index (χ1) is 14.0. The van der Waals surface area contributed by atoms with E-state index in [9.17, 15) is 10.1 Å². The van der Waals surface area contributed by atoms with Gasteiger partial charge in [-0.2, -0.15) is 5.26 Å². The Morgan fingerprint density at radius 3 is 2.66 bits per heavy atom. The Morgan fingerprint density at radius 1 is 1.28 bits per heavy atom. The smallest absolute Gasteiger partial charge is 0.266 e. The fourth-order valence-electron chi connectivity index (χ4n) is 3.12. The highest BCUT2D eigenvalue weighted by molar-refractivity contribution is 6.09. The number of anilines is 1. The molecule has 2 heterocycles. The van der Waals surface area contributed by atoms with Gasteiger partial charge in [0.2, 0.25) is 0 Å². The molecule has 0 unspecified atom stereocenters. The van der Waals surface area contributed by atoms with Crippen LogP contribution in [0.5, 0.6) is 5.75 Å². The topological polar surface area (TPSA) is 79.9 Å². The number of nitrogens with zero attached hydrogens (tertiary/aromatic N) is 3. The van der Waals surface area contributed by atoms with Gasteiger partial charge in [-0.15, -0.1) is 0 Å². The van der Waals surface area contributed by atoms with Gasteiger partial charge in [0.15, 0.2) is 0 Å². The largest absolute Gasteiger partial charge is 0.494 e. The van der Waals surface area contributed by atoms with E-state index in [2.05, 4.69) is 10.3 Å². The zero-order valence-electron chi connectivity index (χ0n) is 16.6. The SMILES string of the molecule is CCOc1ccc(NC(=O)/C(C#N)=C/c2cc(C)n(-c3cccnc3)c2C)cc1. The fourth-order valence-corrected chi connectivity index (χ4v) is 3.12. The van der Waals surface area contributed by atoms with Crippen LogP contribution in [0.25, 0.3) is 11.8 Å². The van der Waals surface area contributed by atoms with Crippen LogP contribution in [-0.4, -0.2) is 22.1 Å². The molecule has 0 bridgehead atoms. The molecule has 0 aliphatic rings. The summed E-state index contributed by atoms with van der Waals surface area (Å²) in [5, 5.41) is 12.3. The number of hydrogen-bond donors (Lipinski definition) is 1. The quantitative estimate of drug-likeness (QED) is 0.502. The average Bonchev–Trinajstić information content (AvgIpc) is 3.01. The molecule has 146 valence electrons. The van der Waals surface area contributed by atoms with E-state index in [0.29, 0.717) is 12.3 Å². The highest BCUT2D eigenvalue weighted by Gasteiger charge is 2.14. The summed E-state index contributed by atoms with van der Waals surface area (Å²) in [6.45, 7) is 6.41. The van der Waals surface area contributed by atoms with Gasteiger partial charge in [-0.05, 0) is 74.9 Å². The van der Waals surface area contributed by atoms with E-state index in [1.807, 2.05) is 49.6 Å². The van der Waals surface area contributed by atoms with Crippen molar-refractivity contribution >= 4 is 17.7 Å². The summed E-state index contributed by atoms with van der Waals surface area (Å²) >= 11 is 0. The molecule has 0 saturated carbocycles. The lowest BCUT2D eigenvalue weighted by atomic mass is 10.1.